The minimum Gasteiger partial charge on any atom is -0.495 e. The van der Waals surface area contributed by atoms with Gasteiger partial charge in [0.2, 0.25) is 0 Å². The maximum absolute atomic E-state index is 12.3. The first-order valence-corrected chi connectivity index (χ1v) is 7.60. The maximum atomic E-state index is 12.3. The average Bonchev–Trinajstić information content (AvgIpc) is 2.59. The smallest absolute Gasteiger partial charge is 0.255 e. The van der Waals surface area contributed by atoms with Crippen LogP contribution in [0.4, 0.5) is 11.5 Å². The summed E-state index contributed by atoms with van der Waals surface area (Å²) in [7, 11) is 1.60. The van der Waals surface area contributed by atoms with Crippen LogP contribution in [0.1, 0.15) is 17.3 Å². The monoisotopic (exact) mass is 386 g/mol. The minimum absolute atomic E-state index is 0. The number of amides is 1. The van der Waals surface area contributed by atoms with E-state index in [2.05, 4.69) is 20.9 Å². The van der Waals surface area contributed by atoms with Crippen LogP contribution < -0.4 is 20.7 Å². The van der Waals surface area contributed by atoms with Crippen LogP contribution in [0.5, 0.6) is 5.75 Å². The van der Waals surface area contributed by atoms with E-state index in [-0.39, 0.29) is 30.7 Å². The third-order valence-electron chi connectivity index (χ3n) is 3.25. The molecule has 6 nitrogen and oxygen atoms in total. The molecular formula is C17H24Cl2N4O2. The van der Waals surface area contributed by atoms with Crippen molar-refractivity contribution in [3.8, 4) is 5.75 Å². The molecule has 0 bridgehead atoms. The fourth-order valence-electron chi connectivity index (χ4n) is 2.10. The largest absolute Gasteiger partial charge is 0.495 e. The Morgan fingerprint density at radius 1 is 1.12 bits per heavy atom. The number of halogens is 2. The lowest BCUT2D eigenvalue weighted by Gasteiger charge is -2.13. The first-order valence-electron chi connectivity index (χ1n) is 7.60. The zero-order valence-corrected chi connectivity index (χ0v) is 15.9. The lowest BCUT2D eigenvalue weighted by molar-refractivity contribution is 0.0954. The Morgan fingerprint density at radius 3 is 2.60 bits per heavy atom. The molecule has 0 fully saturated rings. The summed E-state index contributed by atoms with van der Waals surface area (Å²) in [5.41, 5.74) is 1.25. The topological polar surface area (TPSA) is 75.3 Å². The number of nitrogens with one attached hydrogen (secondary N) is 3. The van der Waals surface area contributed by atoms with Crippen LogP contribution in [0.2, 0.25) is 0 Å². The van der Waals surface area contributed by atoms with Gasteiger partial charge in [-0.1, -0.05) is 19.1 Å². The van der Waals surface area contributed by atoms with Gasteiger partial charge in [-0.3, -0.25) is 4.79 Å². The van der Waals surface area contributed by atoms with E-state index in [9.17, 15) is 4.79 Å². The number of aromatic nitrogens is 1. The normalized spacial score (nSPS) is 9.36. The fraction of sp³-hybridized carbons (Fsp3) is 0.294. The van der Waals surface area contributed by atoms with Crippen LogP contribution in [0.15, 0.2) is 42.6 Å². The number of anilines is 2. The van der Waals surface area contributed by atoms with Crippen molar-refractivity contribution < 1.29 is 9.53 Å². The molecule has 8 heteroatoms. The van der Waals surface area contributed by atoms with Crippen LogP contribution in [0, 0.1) is 0 Å². The van der Waals surface area contributed by atoms with Crippen molar-refractivity contribution in [2.24, 2.45) is 0 Å². The number of likely N-dealkylation sites (N-methyl/N-ethyl adjacent to an activating group) is 1. The summed E-state index contributed by atoms with van der Waals surface area (Å²) in [5, 5.41) is 9.20. The molecule has 0 unspecified atom stereocenters. The molecule has 2 rings (SSSR count). The second kappa shape index (κ2) is 12.4. The van der Waals surface area contributed by atoms with E-state index in [0.29, 0.717) is 23.7 Å². The molecule has 0 saturated heterocycles. The number of benzene rings is 1. The van der Waals surface area contributed by atoms with Gasteiger partial charge in [-0.05, 0) is 30.8 Å². The predicted molar refractivity (Wildman–Crippen MR) is 106 cm³/mol. The first kappa shape index (κ1) is 23.0. The number of hydrogen-bond donors (Lipinski definition) is 3. The third-order valence-corrected chi connectivity index (χ3v) is 3.25. The Hall–Kier alpha value is -2.02. The van der Waals surface area contributed by atoms with Crippen molar-refractivity contribution >= 4 is 42.2 Å². The van der Waals surface area contributed by atoms with Crippen molar-refractivity contribution in [2.75, 3.05) is 32.1 Å². The molecule has 0 aliphatic rings. The summed E-state index contributed by atoms with van der Waals surface area (Å²) in [6, 6.07) is 11.0. The molecule has 25 heavy (non-hydrogen) atoms. The number of ether oxygens (including phenoxy) is 1. The van der Waals surface area contributed by atoms with Crippen LogP contribution in [-0.2, 0) is 0 Å². The minimum atomic E-state index is -0.159. The van der Waals surface area contributed by atoms with Gasteiger partial charge in [-0.15, -0.1) is 24.8 Å². The number of pyridine rings is 1. The van der Waals surface area contributed by atoms with Gasteiger partial charge in [0, 0.05) is 19.3 Å². The molecule has 0 aliphatic carbocycles. The summed E-state index contributed by atoms with van der Waals surface area (Å²) < 4.78 is 5.31. The van der Waals surface area contributed by atoms with Crippen LogP contribution in [0.25, 0.3) is 0 Å². The highest BCUT2D eigenvalue weighted by Crippen LogP contribution is 2.27. The Morgan fingerprint density at radius 2 is 1.88 bits per heavy atom. The molecule has 1 aromatic carbocycles. The number of hydrogen-bond acceptors (Lipinski definition) is 5. The summed E-state index contributed by atoms with van der Waals surface area (Å²) in [4.78, 5) is 16.6. The van der Waals surface area contributed by atoms with E-state index in [1.54, 1.807) is 25.4 Å². The Balaban J connectivity index is 0.00000288. The van der Waals surface area contributed by atoms with E-state index >= 15 is 0 Å². The molecular weight excluding hydrogens is 363 g/mol. The van der Waals surface area contributed by atoms with Gasteiger partial charge in [0.15, 0.2) is 0 Å². The number of methoxy groups -OCH3 is 1. The van der Waals surface area contributed by atoms with Gasteiger partial charge >= 0.3 is 0 Å². The van der Waals surface area contributed by atoms with E-state index in [4.69, 9.17) is 4.74 Å². The number of nitrogens with zero attached hydrogens (tertiary/aromatic N) is 1. The first-order chi connectivity index (χ1) is 11.3. The zero-order valence-electron chi connectivity index (χ0n) is 14.2. The second-order valence-electron chi connectivity index (χ2n) is 4.83. The van der Waals surface area contributed by atoms with E-state index in [0.717, 1.165) is 18.8 Å². The second-order valence-corrected chi connectivity index (χ2v) is 4.83. The molecule has 1 heterocycles. The highest BCUT2D eigenvalue weighted by atomic mass is 35.5. The lowest BCUT2D eigenvalue weighted by Crippen LogP contribution is -2.32. The molecule has 1 aromatic heterocycles. The van der Waals surface area contributed by atoms with Crippen molar-refractivity contribution in [1.29, 1.82) is 0 Å². The van der Waals surface area contributed by atoms with Crippen molar-refractivity contribution in [1.82, 2.24) is 15.6 Å². The number of carbonyl (C=O) groups excluding carboxylic acids is 1. The number of rotatable bonds is 8. The summed E-state index contributed by atoms with van der Waals surface area (Å²) in [6.45, 7) is 4.20. The highest BCUT2D eigenvalue weighted by molar-refractivity contribution is 5.99. The zero-order chi connectivity index (χ0) is 16.5. The third kappa shape index (κ3) is 6.78. The van der Waals surface area contributed by atoms with Crippen LogP contribution in [-0.4, -0.2) is 37.6 Å². The summed E-state index contributed by atoms with van der Waals surface area (Å²) in [6.07, 6.45) is 1.65. The van der Waals surface area contributed by atoms with Crippen LogP contribution in [0.3, 0.4) is 0 Å². The number of para-hydroxylation sites is 2. The standard InChI is InChI=1S/C17H22N4O2.2ClH/c1-3-18-11-12-20-17(22)13-7-6-10-19-16(13)21-14-8-4-5-9-15(14)23-2;;/h4-10,18H,3,11-12H2,1-2H3,(H,19,21)(H,20,22);2*1H. The molecule has 0 radical (unpaired) electrons. The maximum Gasteiger partial charge on any atom is 0.255 e. The summed E-state index contributed by atoms with van der Waals surface area (Å²) in [5.74, 6) is 1.03. The van der Waals surface area contributed by atoms with Gasteiger partial charge in [-0.2, -0.15) is 0 Å². The van der Waals surface area contributed by atoms with Gasteiger partial charge < -0.3 is 20.7 Å². The predicted octanol–water partition coefficient (Wildman–Crippen LogP) is 3.02. The highest BCUT2D eigenvalue weighted by Gasteiger charge is 2.13. The van der Waals surface area contributed by atoms with Gasteiger partial charge in [0.1, 0.15) is 11.6 Å². The van der Waals surface area contributed by atoms with Gasteiger partial charge in [0.05, 0.1) is 18.4 Å². The molecule has 138 valence electrons. The molecule has 0 aliphatic heterocycles. The number of carbonyl (C=O) groups is 1. The average molecular weight is 387 g/mol. The molecule has 0 spiro atoms. The van der Waals surface area contributed by atoms with E-state index in [1.165, 1.54) is 0 Å². The van der Waals surface area contributed by atoms with Gasteiger partial charge in [-0.25, -0.2) is 4.98 Å². The van der Waals surface area contributed by atoms with Crippen molar-refractivity contribution in [3.63, 3.8) is 0 Å². The van der Waals surface area contributed by atoms with E-state index in [1.807, 2.05) is 31.2 Å². The molecule has 1 amide bonds. The lowest BCUT2D eigenvalue weighted by atomic mass is 10.2. The van der Waals surface area contributed by atoms with Crippen LogP contribution >= 0.6 is 24.8 Å². The Labute approximate surface area is 160 Å². The Kier molecular flexibility index (Phi) is 11.4. The summed E-state index contributed by atoms with van der Waals surface area (Å²) >= 11 is 0. The van der Waals surface area contributed by atoms with Crippen molar-refractivity contribution in [3.05, 3.63) is 48.2 Å². The fourth-order valence-corrected chi connectivity index (χ4v) is 2.10. The molecule has 2 aromatic rings. The molecule has 0 atom stereocenters. The van der Waals surface area contributed by atoms with E-state index < -0.39 is 0 Å². The SMILES string of the molecule is CCNCCNC(=O)c1cccnc1Nc1ccccc1OC.Cl.Cl. The molecule has 0 saturated carbocycles. The molecule has 3 N–H and O–H groups in total. The Bertz CT molecular complexity index is 656. The quantitative estimate of drug-likeness (QED) is 0.608. The van der Waals surface area contributed by atoms with Crippen molar-refractivity contribution in [2.45, 2.75) is 6.92 Å². The van der Waals surface area contributed by atoms with Gasteiger partial charge in [0.25, 0.3) is 5.91 Å².